The molecule has 6 heteroatoms. The number of amides is 2. The Kier molecular flexibility index (Phi) is 5.80. The van der Waals surface area contributed by atoms with Gasteiger partial charge in [-0.1, -0.05) is 18.0 Å². The van der Waals surface area contributed by atoms with Crippen molar-refractivity contribution in [1.82, 2.24) is 5.32 Å². The lowest BCUT2D eigenvalue weighted by Gasteiger charge is -2.26. The van der Waals surface area contributed by atoms with E-state index in [0.717, 1.165) is 19.3 Å². The Bertz CT molecular complexity index is 562. The van der Waals surface area contributed by atoms with Crippen LogP contribution in [-0.4, -0.2) is 24.4 Å². The minimum Gasteiger partial charge on any atom is -0.352 e. The molecular formula is C16H22ClN3O2. The SMILES string of the molecule is CCNC(=O)c1cc(Cl)ccc1NC(=O)C1CCCC(N)C1. The van der Waals surface area contributed by atoms with Gasteiger partial charge >= 0.3 is 0 Å². The van der Waals surface area contributed by atoms with Crippen LogP contribution in [0.25, 0.3) is 0 Å². The molecule has 0 aliphatic heterocycles. The lowest BCUT2D eigenvalue weighted by molar-refractivity contribution is -0.120. The van der Waals surface area contributed by atoms with Gasteiger partial charge in [-0.15, -0.1) is 0 Å². The van der Waals surface area contributed by atoms with Gasteiger partial charge in [0.25, 0.3) is 5.91 Å². The Balaban J connectivity index is 2.14. The van der Waals surface area contributed by atoms with Crippen LogP contribution in [0.5, 0.6) is 0 Å². The zero-order valence-electron chi connectivity index (χ0n) is 12.7. The van der Waals surface area contributed by atoms with Crippen LogP contribution in [0.3, 0.4) is 0 Å². The first-order valence-electron chi connectivity index (χ1n) is 7.65. The van der Waals surface area contributed by atoms with Crippen LogP contribution < -0.4 is 16.4 Å². The summed E-state index contributed by atoms with van der Waals surface area (Å²) in [6.07, 6.45) is 3.46. The smallest absolute Gasteiger partial charge is 0.253 e. The number of nitrogens with two attached hydrogens (primary N) is 1. The average Bonchev–Trinajstić information content (AvgIpc) is 2.49. The predicted molar refractivity (Wildman–Crippen MR) is 88.0 cm³/mol. The van der Waals surface area contributed by atoms with Gasteiger partial charge in [0.15, 0.2) is 0 Å². The number of halogens is 1. The van der Waals surface area contributed by atoms with Crippen LogP contribution in [0.2, 0.25) is 5.02 Å². The van der Waals surface area contributed by atoms with Crippen LogP contribution in [0.15, 0.2) is 18.2 Å². The number of anilines is 1. The van der Waals surface area contributed by atoms with E-state index in [-0.39, 0.29) is 23.8 Å². The third-order valence-electron chi connectivity index (χ3n) is 3.91. The van der Waals surface area contributed by atoms with E-state index in [1.165, 1.54) is 0 Å². The summed E-state index contributed by atoms with van der Waals surface area (Å²) in [6.45, 7) is 2.35. The molecule has 1 aromatic carbocycles. The number of hydrogen-bond acceptors (Lipinski definition) is 3. The highest BCUT2D eigenvalue weighted by atomic mass is 35.5. The number of rotatable bonds is 4. The highest BCUT2D eigenvalue weighted by Gasteiger charge is 2.26. The maximum atomic E-state index is 12.4. The molecule has 1 fully saturated rings. The van der Waals surface area contributed by atoms with Crippen molar-refractivity contribution in [3.05, 3.63) is 28.8 Å². The molecule has 120 valence electrons. The molecule has 1 aromatic rings. The van der Waals surface area contributed by atoms with Gasteiger partial charge in [-0.2, -0.15) is 0 Å². The molecule has 22 heavy (non-hydrogen) atoms. The van der Waals surface area contributed by atoms with Gasteiger partial charge in [0.1, 0.15) is 0 Å². The second-order valence-electron chi connectivity index (χ2n) is 5.66. The molecule has 1 saturated carbocycles. The topological polar surface area (TPSA) is 84.2 Å². The number of carbonyl (C=O) groups excluding carboxylic acids is 2. The van der Waals surface area contributed by atoms with Crippen LogP contribution in [0.4, 0.5) is 5.69 Å². The Morgan fingerprint density at radius 1 is 1.36 bits per heavy atom. The van der Waals surface area contributed by atoms with Gasteiger partial charge in [-0.25, -0.2) is 0 Å². The molecule has 2 rings (SSSR count). The molecule has 0 saturated heterocycles. The summed E-state index contributed by atoms with van der Waals surface area (Å²) in [5.74, 6) is -0.426. The lowest BCUT2D eigenvalue weighted by atomic mass is 9.85. The Hall–Kier alpha value is -1.59. The fourth-order valence-corrected chi connectivity index (χ4v) is 2.94. The molecule has 0 radical (unpaired) electrons. The molecule has 2 atom stereocenters. The largest absolute Gasteiger partial charge is 0.352 e. The molecule has 1 aliphatic carbocycles. The summed E-state index contributed by atoms with van der Waals surface area (Å²) in [5, 5.41) is 6.03. The normalized spacial score (nSPS) is 21.2. The summed E-state index contributed by atoms with van der Waals surface area (Å²) >= 11 is 5.96. The maximum Gasteiger partial charge on any atom is 0.253 e. The number of carbonyl (C=O) groups is 2. The molecule has 0 heterocycles. The Labute approximate surface area is 135 Å². The van der Waals surface area contributed by atoms with E-state index in [2.05, 4.69) is 10.6 Å². The first-order chi connectivity index (χ1) is 10.5. The summed E-state index contributed by atoms with van der Waals surface area (Å²) in [6, 6.07) is 4.96. The van der Waals surface area contributed by atoms with Crippen molar-refractivity contribution in [3.63, 3.8) is 0 Å². The molecule has 0 aromatic heterocycles. The molecule has 5 nitrogen and oxygen atoms in total. The van der Waals surface area contributed by atoms with E-state index in [1.807, 2.05) is 6.92 Å². The Morgan fingerprint density at radius 3 is 2.82 bits per heavy atom. The van der Waals surface area contributed by atoms with Crippen molar-refractivity contribution in [2.24, 2.45) is 11.7 Å². The number of benzene rings is 1. The standard InChI is InChI=1S/C16H22ClN3O2/c1-2-19-16(22)13-9-11(17)6-7-14(13)20-15(21)10-4-3-5-12(18)8-10/h6-7,9-10,12H,2-5,8,18H2,1H3,(H,19,22)(H,20,21). The van der Waals surface area contributed by atoms with E-state index in [0.29, 0.717) is 29.2 Å². The van der Waals surface area contributed by atoms with Gasteiger partial charge in [0.2, 0.25) is 5.91 Å². The van der Waals surface area contributed by atoms with Crippen molar-refractivity contribution in [2.45, 2.75) is 38.6 Å². The molecule has 0 spiro atoms. The Morgan fingerprint density at radius 2 is 2.14 bits per heavy atom. The highest BCUT2D eigenvalue weighted by Crippen LogP contribution is 2.26. The zero-order valence-corrected chi connectivity index (χ0v) is 13.5. The second kappa shape index (κ2) is 7.61. The van der Waals surface area contributed by atoms with Gasteiger partial charge in [0, 0.05) is 23.5 Å². The minimum absolute atomic E-state index is 0.0805. The molecular weight excluding hydrogens is 302 g/mol. The van der Waals surface area contributed by atoms with Crippen LogP contribution in [0.1, 0.15) is 43.0 Å². The van der Waals surface area contributed by atoms with Gasteiger partial charge in [0.05, 0.1) is 11.3 Å². The zero-order chi connectivity index (χ0) is 16.1. The molecule has 2 amide bonds. The van der Waals surface area contributed by atoms with Crippen LogP contribution in [0, 0.1) is 5.92 Å². The first kappa shape index (κ1) is 16.8. The minimum atomic E-state index is -0.249. The van der Waals surface area contributed by atoms with E-state index in [1.54, 1.807) is 18.2 Å². The van der Waals surface area contributed by atoms with Crippen molar-refractivity contribution < 1.29 is 9.59 Å². The fraction of sp³-hybridized carbons (Fsp3) is 0.500. The molecule has 1 aliphatic rings. The van der Waals surface area contributed by atoms with Crippen molar-refractivity contribution >= 4 is 29.1 Å². The maximum absolute atomic E-state index is 12.4. The third-order valence-corrected chi connectivity index (χ3v) is 4.14. The first-order valence-corrected chi connectivity index (χ1v) is 8.03. The van der Waals surface area contributed by atoms with Crippen LogP contribution in [-0.2, 0) is 4.79 Å². The van der Waals surface area contributed by atoms with E-state index < -0.39 is 0 Å². The summed E-state index contributed by atoms with van der Waals surface area (Å²) in [4.78, 5) is 24.5. The quantitative estimate of drug-likeness (QED) is 0.796. The molecule has 0 bridgehead atoms. The van der Waals surface area contributed by atoms with E-state index in [9.17, 15) is 9.59 Å². The summed E-state index contributed by atoms with van der Waals surface area (Å²) in [7, 11) is 0. The van der Waals surface area contributed by atoms with Gasteiger partial charge < -0.3 is 16.4 Å². The van der Waals surface area contributed by atoms with Crippen molar-refractivity contribution in [2.75, 3.05) is 11.9 Å². The van der Waals surface area contributed by atoms with Gasteiger partial charge in [-0.3, -0.25) is 9.59 Å². The number of hydrogen-bond donors (Lipinski definition) is 3. The van der Waals surface area contributed by atoms with Crippen molar-refractivity contribution in [3.8, 4) is 0 Å². The van der Waals surface area contributed by atoms with E-state index in [4.69, 9.17) is 17.3 Å². The summed E-state index contributed by atoms with van der Waals surface area (Å²) < 4.78 is 0. The average molecular weight is 324 g/mol. The molecule has 4 N–H and O–H groups in total. The predicted octanol–water partition coefficient (Wildman–Crippen LogP) is 2.55. The van der Waals surface area contributed by atoms with Crippen LogP contribution >= 0.6 is 11.6 Å². The molecule has 2 unspecified atom stereocenters. The van der Waals surface area contributed by atoms with Crippen molar-refractivity contribution in [1.29, 1.82) is 0 Å². The lowest BCUT2D eigenvalue weighted by Crippen LogP contribution is -2.34. The highest BCUT2D eigenvalue weighted by molar-refractivity contribution is 6.31. The third kappa shape index (κ3) is 4.21. The van der Waals surface area contributed by atoms with Gasteiger partial charge in [-0.05, 0) is 44.4 Å². The second-order valence-corrected chi connectivity index (χ2v) is 6.10. The summed E-state index contributed by atoms with van der Waals surface area (Å²) in [5.41, 5.74) is 6.80. The van der Waals surface area contributed by atoms with E-state index >= 15 is 0 Å². The number of nitrogens with one attached hydrogen (secondary N) is 2. The monoisotopic (exact) mass is 323 g/mol. The fourth-order valence-electron chi connectivity index (χ4n) is 2.77.